The molecule has 0 amide bonds. The molecule has 0 heterocycles. The van der Waals surface area contributed by atoms with E-state index in [0.717, 1.165) is 0 Å². The molecule has 0 bridgehead atoms. The molecule has 1 aromatic carbocycles. The van der Waals surface area contributed by atoms with Crippen molar-refractivity contribution in [2.45, 2.75) is 6.18 Å². The maximum Gasteiger partial charge on any atom is 0.422 e. The summed E-state index contributed by atoms with van der Waals surface area (Å²) < 4.78 is 44.7. The highest BCUT2D eigenvalue weighted by atomic mass is 19.4. The van der Waals surface area contributed by atoms with E-state index in [0.29, 0.717) is 0 Å². The van der Waals surface area contributed by atoms with Crippen LogP contribution >= 0.6 is 0 Å². The number of ether oxygens (including phenoxy) is 2. The van der Waals surface area contributed by atoms with Gasteiger partial charge in [0, 0.05) is 6.07 Å². The molecule has 0 atom stereocenters. The zero-order chi connectivity index (χ0) is 10.6. The van der Waals surface area contributed by atoms with Crippen LogP contribution in [0, 0.1) is 6.07 Å². The van der Waals surface area contributed by atoms with Crippen LogP contribution in [0.3, 0.4) is 0 Å². The third kappa shape index (κ3) is 3.16. The molecule has 0 aromatic heterocycles. The lowest BCUT2D eigenvalue weighted by molar-refractivity contribution is -0.153. The van der Waals surface area contributed by atoms with Crippen LogP contribution in [0.25, 0.3) is 0 Å². The van der Waals surface area contributed by atoms with Crippen molar-refractivity contribution in [3.05, 3.63) is 24.3 Å². The van der Waals surface area contributed by atoms with Gasteiger partial charge in [-0.2, -0.15) is 13.2 Å². The molecule has 14 heavy (non-hydrogen) atoms. The van der Waals surface area contributed by atoms with Gasteiger partial charge in [0.05, 0.1) is 7.11 Å². The minimum Gasteiger partial charge on any atom is -0.492 e. The Morgan fingerprint density at radius 1 is 1.43 bits per heavy atom. The number of halogens is 3. The molecule has 1 aromatic rings. The lowest BCUT2D eigenvalue weighted by Crippen LogP contribution is -2.19. The molecule has 0 aliphatic heterocycles. The summed E-state index contributed by atoms with van der Waals surface area (Å²) in [7, 11) is 1.34. The topological polar surface area (TPSA) is 18.5 Å². The lowest BCUT2D eigenvalue weighted by Gasteiger charge is -2.11. The molecular weight excluding hydrogens is 197 g/mol. The van der Waals surface area contributed by atoms with E-state index in [4.69, 9.17) is 4.74 Å². The molecule has 0 aliphatic carbocycles. The summed E-state index contributed by atoms with van der Waals surface area (Å²) in [6.45, 7) is -1.33. The molecule has 5 heteroatoms. The fourth-order valence-electron chi connectivity index (χ4n) is 0.839. The number of benzene rings is 1. The number of methoxy groups -OCH3 is 1. The van der Waals surface area contributed by atoms with Crippen LogP contribution in [0.5, 0.6) is 11.5 Å². The Morgan fingerprint density at radius 2 is 2.14 bits per heavy atom. The highest BCUT2D eigenvalue weighted by Crippen LogP contribution is 2.27. The molecule has 0 fully saturated rings. The smallest absolute Gasteiger partial charge is 0.422 e. The highest BCUT2D eigenvalue weighted by Gasteiger charge is 2.28. The average molecular weight is 205 g/mol. The first kappa shape index (κ1) is 10.7. The van der Waals surface area contributed by atoms with Gasteiger partial charge in [0.25, 0.3) is 0 Å². The minimum atomic E-state index is -4.35. The van der Waals surface area contributed by atoms with E-state index in [1.165, 1.54) is 25.3 Å². The minimum absolute atomic E-state index is 0.0346. The number of para-hydroxylation sites is 1. The fourth-order valence-corrected chi connectivity index (χ4v) is 0.839. The Morgan fingerprint density at radius 3 is 2.71 bits per heavy atom. The number of hydrogen-bond acceptors (Lipinski definition) is 2. The van der Waals surface area contributed by atoms with Gasteiger partial charge in [0.15, 0.2) is 18.1 Å². The van der Waals surface area contributed by atoms with Gasteiger partial charge in [-0.25, -0.2) is 0 Å². The van der Waals surface area contributed by atoms with E-state index in [9.17, 15) is 13.2 Å². The maximum absolute atomic E-state index is 11.8. The molecule has 0 spiro atoms. The Balaban J connectivity index is 2.67. The zero-order valence-corrected chi connectivity index (χ0v) is 7.39. The SMILES string of the molecule is COc1[c]cccc1OCC(F)(F)F. The van der Waals surface area contributed by atoms with Crippen LogP contribution in [0.4, 0.5) is 13.2 Å². The van der Waals surface area contributed by atoms with E-state index < -0.39 is 12.8 Å². The third-order valence-electron chi connectivity index (χ3n) is 1.38. The molecule has 1 rings (SSSR count). The van der Waals surface area contributed by atoms with Crippen molar-refractivity contribution in [1.82, 2.24) is 0 Å². The summed E-state index contributed by atoms with van der Waals surface area (Å²) in [5, 5.41) is 0. The van der Waals surface area contributed by atoms with Crippen molar-refractivity contribution in [2.75, 3.05) is 13.7 Å². The maximum atomic E-state index is 11.8. The van der Waals surface area contributed by atoms with Gasteiger partial charge in [-0.1, -0.05) is 12.1 Å². The van der Waals surface area contributed by atoms with Crippen molar-refractivity contribution in [3.63, 3.8) is 0 Å². The summed E-state index contributed by atoms with van der Waals surface area (Å²) in [6, 6.07) is 7.05. The average Bonchev–Trinajstić information content (AvgIpc) is 2.14. The van der Waals surface area contributed by atoms with Gasteiger partial charge in [0.1, 0.15) is 0 Å². The molecule has 1 radical (unpaired) electrons. The molecule has 77 valence electrons. The lowest BCUT2D eigenvalue weighted by atomic mass is 10.3. The first-order valence-corrected chi connectivity index (χ1v) is 3.77. The first-order valence-electron chi connectivity index (χ1n) is 3.77. The van der Waals surface area contributed by atoms with Crippen LogP contribution in [0.15, 0.2) is 18.2 Å². The Labute approximate surface area is 79.2 Å². The number of rotatable bonds is 3. The van der Waals surface area contributed by atoms with E-state index in [-0.39, 0.29) is 11.5 Å². The Kier molecular flexibility index (Phi) is 3.22. The molecule has 0 unspecified atom stereocenters. The van der Waals surface area contributed by atoms with Crippen LogP contribution < -0.4 is 9.47 Å². The summed E-state index contributed by atoms with van der Waals surface area (Å²) in [5.41, 5.74) is 0. The van der Waals surface area contributed by atoms with Crippen molar-refractivity contribution >= 4 is 0 Å². The number of hydrogen-bond donors (Lipinski definition) is 0. The summed E-state index contributed by atoms with van der Waals surface area (Å²) in [4.78, 5) is 0. The van der Waals surface area contributed by atoms with Gasteiger partial charge in [-0.3, -0.25) is 0 Å². The van der Waals surface area contributed by atoms with Gasteiger partial charge >= 0.3 is 6.18 Å². The Bertz CT molecular complexity index is 296. The van der Waals surface area contributed by atoms with Gasteiger partial charge in [-0.05, 0) is 6.07 Å². The van der Waals surface area contributed by atoms with Crippen LogP contribution in [0.2, 0.25) is 0 Å². The Hall–Kier alpha value is -1.39. The molecule has 2 nitrogen and oxygen atoms in total. The third-order valence-corrected chi connectivity index (χ3v) is 1.38. The van der Waals surface area contributed by atoms with E-state index >= 15 is 0 Å². The standard InChI is InChI=1S/C9H8F3O2/c1-13-7-4-2-3-5-8(7)14-6-9(10,11)12/h2-3,5H,6H2,1H3. The highest BCUT2D eigenvalue weighted by molar-refractivity contribution is 5.38. The van der Waals surface area contributed by atoms with E-state index in [2.05, 4.69) is 10.8 Å². The van der Waals surface area contributed by atoms with Crippen molar-refractivity contribution < 1.29 is 22.6 Å². The number of alkyl halides is 3. The fraction of sp³-hybridized carbons (Fsp3) is 0.333. The molecule has 0 aliphatic rings. The second-order valence-corrected chi connectivity index (χ2v) is 2.47. The monoisotopic (exact) mass is 205 g/mol. The first-order chi connectivity index (χ1) is 6.53. The van der Waals surface area contributed by atoms with E-state index in [1.54, 1.807) is 0 Å². The summed E-state index contributed by atoms with van der Waals surface area (Å²) >= 11 is 0. The zero-order valence-electron chi connectivity index (χ0n) is 7.39. The van der Waals surface area contributed by atoms with Gasteiger partial charge in [-0.15, -0.1) is 0 Å². The largest absolute Gasteiger partial charge is 0.492 e. The van der Waals surface area contributed by atoms with E-state index in [1.807, 2.05) is 0 Å². The van der Waals surface area contributed by atoms with Crippen molar-refractivity contribution in [2.24, 2.45) is 0 Å². The predicted molar refractivity (Wildman–Crippen MR) is 43.4 cm³/mol. The quantitative estimate of drug-likeness (QED) is 0.754. The predicted octanol–water partition coefficient (Wildman–Crippen LogP) is 2.44. The second kappa shape index (κ2) is 4.21. The van der Waals surface area contributed by atoms with Gasteiger partial charge < -0.3 is 9.47 Å². The summed E-state index contributed by atoms with van der Waals surface area (Å²) in [6.07, 6.45) is -4.35. The molecule has 0 saturated carbocycles. The van der Waals surface area contributed by atoms with Crippen LogP contribution in [-0.4, -0.2) is 19.9 Å². The molecular formula is C9H8F3O2. The molecule has 0 N–H and O–H groups in total. The van der Waals surface area contributed by atoms with Crippen LogP contribution in [0.1, 0.15) is 0 Å². The normalized spacial score (nSPS) is 11.1. The van der Waals surface area contributed by atoms with Crippen LogP contribution in [-0.2, 0) is 0 Å². The summed E-state index contributed by atoms with van der Waals surface area (Å²) in [5.74, 6) is 0.198. The van der Waals surface area contributed by atoms with Gasteiger partial charge in [0.2, 0.25) is 0 Å². The second-order valence-electron chi connectivity index (χ2n) is 2.47. The van der Waals surface area contributed by atoms with Crippen molar-refractivity contribution in [3.8, 4) is 11.5 Å². The molecule has 0 saturated heterocycles. The van der Waals surface area contributed by atoms with Crippen molar-refractivity contribution in [1.29, 1.82) is 0 Å².